The van der Waals surface area contributed by atoms with Crippen LogP contribution in [0.5, 0.6) is 0 Å². The summed E-state index contributed by atoms with van der Waals surface area (Å²) in [6.07, 6.45) is 2.08. The Bertz CT molecular complexity index is 322. The van der Waals surface area contributed by atoms with E-state index in [0.717, 1.165) is 11.2 Å². The van der Waals surface area contributed by atoms with E-state index in [1.165, 1.54) is 9.61 Å². The van der Waals surface area contributed by atoms with Crippen molar-refractivity contribution in [2.75, 3.05) is 6.61 Å². The van der Waals surface area contributed by atoms with Crippen molar-refractivity contribution < 1.29 is 4.74 Å². The molecule has 86 valence electrons. The second-order valence-electron chi connectivity index (χ2n) is 4.80. The maximum atomic E-state index is 5.65. The van der Waals surface area contributed by atoms with Crippen LogP contribution in [0, 0.1) is 3.57 Å². The number of ether oxygens (including phenoxy) is 1. The van der Waals surface area contributed by atoms with Gasteiger partial charge in [0.2, 0.25) is 0 Å². The molecule has 1 heterocycles. The molecule has 0 fully saturated rings. The Morgan fingerprint density at radius 1 is 1.47 bits per heavy atom. The first-order valence-electron chi connectivity index (χ1n) is 4.97. The quantitative estimate of drug-likeness (QED) is 0.410. The van der Waals surface area contributed by atoms with Gasteiger partial charge in [0.15, 0.2) is 0 Å². The standard InChI is InChI=1S/C10H17BrINOSi/c1-15(2,3)5-4-14-8-13-7-9(12)6-10(13)11/h6-7H,4-5,8H2,1-3H3. The van der Waals surface area contributed by atoms with E-state index in [4.69, 9.17) is 4.74 Å². The average Bonchev–Trinajstić information content (AvgIpc) is 2.37. The summed E-state index contributed by atoms with van der Waals surface area (Å²) in [5.74, 6) is 0. The third-order valence-electron chi connectivity index (χ3n) is 2.04. The number of rotatable bonds is 5. The van der Waals surface area contributed by atoms with Gasteiger partial charge in [-0.25, -0.2) is 0 Å². The molecule has 0 aliphatic rings. The summed E-state index contributed by atoms with van der Waals surface area (Å²) in [5.41, 5.74) is 0. The maximum Gasteiger partial charge on any atom is 0.123 e. The molecule has 5 heteroatoms. The van der Waals surface area contributed by atoms with E-state index < -0.39 is 8.07 Å². The van der Waals surface area contributed by atoms with Crippen LogP contribution in [-0.2, 0) is 11.5 Å². The summed E-state index contributed by atoms with van der Waals surface area (Å²) in [6.45, 7) is 8.62. The highest BCUT2D eigenvalue weighted by molar-refractivity contribution is 14.1. The fourth-order valence-corrected chi connectivity index (χ4v) is 3.35. The minimum atomic E-state index is -0.951. The minimum absolute atomic E-state index is 0.647. The Morgan fingerprint density at radius 3 is 2.60 bits per heavy atom. The summed E-state index contributed by atoms with van der Waals surface area (Å²) in [6, 6.07) is 3.31. The SMILES string of the molecule is C[Si](C)(C)CCOCn1cc(I)cc1Br. The monoisotopic (exact) mass is 401 g/mol. The molecule has 0 saturated heterocycles. The Morgan fingerprint density at radius 2 is 2.13 bits per heavy atom. The van der Waals surface area contributed by atoms with Crippen molar-refractivity contribution in [3.05, 3.63) is 20.4 Å². The molecular weight excluding hydrogens is 385 g/mol. The first-order valence-corrected chi connectivity index (χ1v) is 10.6. The van der Waals surface area contributed by atoms with Crippen LogP contribution in [0.3, 0.4) is 0 Å². The topological polar surface area (TPSA) is 14.2 Å². The van der Waals surface area contributed by atoms with Crippen molar-refractivity contribution in [2.45, 2.75) is 32.4 Å². The van der Waals surface area contributed by atoms with Gasteiger partial charge in [-0.15, -0.1) is 0 Å². The summed E-state index contributed by atoms with van der Waals surface area (Å²) < 4.78 is 10.0. The minimum Gasteiger partial charge on any atom is -0.361 e. The third kappa shape index (κ3) is 5.51. The van der Waals surface area contributed by atoms with Gasteiger partial charge in [0.1, 0.15) is 6.73 Å². The van der Waals surface area contributed by atoms with E-state index in [1.54, 1.807) is 0 Å². The van der Waals surface area contributed by atoms with Crippen LogP contribution in [0.1, 0.15) is 0 Å². The van der Waals surface area contributed by atoms with Gasteiger partial charge in [-0.1, -0.05) is 19.6 Å². The summed E-state index contributed by atoms with van der Waals surface area (Å²) in [5, 5.41) is 0. The van der Waals surface area contributed by atoms with Crippen molar-refractivity contribution in [1.29, 1.82) is 0 Å². The van der Waals surface area contributed by atoms with Crippen molar-refractivity contribution in [3.8, 4) is 0 Å². The highest BCUT2D eigenvalue weighted by atomic mass is 127. The molecule has 0 aromatic carbocycles. The fraction of sp³-hybridized carbons (Fsp3) is 0.600. The molecule has 15 heavy (non-hydrogen) atoms. The lowest BCUT2D eigenvalue weighted by molar-refractivity contribution is 0.0860. The van der Waals surface area contributed by atoms with Gasteiger partial charge in [-0.05, 0) is 50.6 Å². The molecule has 1 aromatic rings. The van der Waals surface area contributed by atoms with Crippen LogP contribution < -0.4 is 0 Å². The first kappa shape index (κ1) is 13.7. The summed E-state index contributed by atoms with van der Waals surface area (Å²) in [4.78, 5) is 0. The van der Waals surface area contributed by atoms with Crippen LogP contribution in [0.15, 0.2) is 16.9 Å². The molecular formula is C10H17BrINOSi. The fourth-order valence-electron chi connectivity index (χ4n) is 1.08. The molecule has 0 amide bonds. The maximum absolute atomic E-state index is 5.65. The lowest BCUT2D eigenvalue weighted by atomic mass is 10.7. The summed E-state index contributed by atoms with van der Waals surface area (Å²) in [7, 11) is -0.951. The largest absolute Gasteiger partial charge is 0.361 e. The van der Waals surface area contributed by atoms with E-state index in [-0.39, 0.29) is 0 Å². The van der Waals surface area contributed by atoms with E-state index in [0.29, 0.717) is 6.73 Å². The first-order chi connectivity index (χ1) is 6.88. The lowest BCUT2D eigenvalue weighted by Gasteiger charge is -2.15. The molecule has 0 spiro atoms. The van der Waals surface area contributed by atoms with Crippen molar-refractivity contribution in [2.24, 2.45) is 0 Å². The highest BCUT2D eigenvalue weighted by Gasteiger charge is 2.12. The van der Waals surface area contributed by atoms with E-state index in [2.05, 4.69) is 75.0 Å². The van der Waals surface area contributed by atoms with E-state index in [1.807, 2.05) is 0 Å². The molecule has 1 rings (SSSR count). The number of aromatic nitrogens is 1. The zero-order valence-electron chi connectivity index (χ0n) is 9.39. The van der Waals surface area contributed by atoms with E-state index >= 15 is 0 Å². The predicted octanol–water partition coefficient (Wildman–Crippen LogP) is 4.17. The zero-order chi connectivity index (χ0) is 11.5. The van der Waals surface area contributed by atoms with Gasteiger partial charge in [-0.3, -0.25) is 0 Å². The normalized spacial score (nSPS) is 12.1. The third-order valence-corrected chi connectivity index (χ3v) is 5.02. The molecule has 0 radical (unpaired) electrons. The molecule has 2 nitrogen and oxygen atoms in total. The molecule has 0 atom stereocenters. The average molecular weight is 402 g/mol. The molecule has 0 N–H and O–H groups in total. The number of nitrogens with zero attached hydrogens (tertiary/aromatic N) is 1. The second kappa shape index (κ2) is 5.84. The van der Waals surface area contributed by atoms with Crippen LogP contribution in [0.25, 0.3) is 0 Å². The van der Waals surface area contributed by atoms with Crippen LogP contribution in [0.2, 0.25) is 25.7 Å². The molecule has 0 aliphatic heterocycles. The van der Waals surface area contributed by atoms with Crippen molar-refractivity contribution >= 4 is 46.6 Å². The molecule has 1 aromatic heterocycles. The smallest absolute Gasteiger partial charge is 0.123 e. The summed E-state index contributed by atoms with van der Waals surface area (Å²) >= 11 is 5.80. The number of halogens is 2. The Balaban J connectivity index is 2.29. The second-order valence-corrected chi connectivity index (χ2v) is 12.5. The van der Waals surface area contributed by atoms with Gasteiger partial charge < -0.3 is 9.30 Å². The van der Waals surface area contributed by atoms with Crippen molar-refractivity contribution in [3.63, 3.8) is 0 Å². The Labute approximate surface area is 115 Å². The Kier molecular flexibility index (Phi) is 5.34. The van der Waals surface area contributed by atoms with Crippen molar-refractivity contribution in [1.82, 2.24) is 4.57 Å². The number of hydrogen-bond donors (Lipinski definition) is 0. The molecule has 0 saturated carbocycles. The number of hydrogen-bond acceptors (Lipinski definition) is 1. The van der Waals surface area contributed by atoms with E-state index in [9.17, 15) is 0 Å². The van der Waals surface area contributed by atoms with Gasteiger partial charge in [-0.2, -0.15) is 0 Å². The van der Waals surface area contributed by atoms with Gasteiger partial charge >= 0.3 is 0 Å². The predicted molar refractivity (Wildman–Crippen MR) is 79.0 cm³/mol. The van der Waals surface area contributed by atoms with Crippen LogP contribution in [0.4, 0.5) is 0 Å². The van der Waals surface area contributed by atoms with Crippen LogP contribution in [-0.4, -0.2) is 19.2 Å². The highest BCUT2D eigenvalue weighted by Crippen LogP contribution is 2.17. The van der Waals surface area contributed by atoms with Gasteiger partial charge in [0, 0.05) is 24.4 Å². The molecule has 0 unspecified atom stereocenters. The zero-order valence-corrected chi connectivity index (χ0v) is 14.1. The van der Waals surface area contributed by atoms with Gasteiger partial charge in [0.05, 0.1) is 4.60 Å². The molecule has 0 aliphatic carbocycles. The lowest BCUT2D eigenvalue weighted by Crippen LogP contribution is -2.22. The molecule has 0 bridgehead atoms. The van der Waals surface area contributed by atoms with Gasteiger partial charge in [0.25, 0.3) is 0 Å². The van der Waals surface area contributed by atoms with Crippen LogP contribution >= 0.6 is 38.5 Å². The Hall–Kier alpha value is 0.667.